The van der Waals surface area contributed by atoms with Gasteiger partial charge in [-0.15, -0.1) is 0 Å². The fourth-order valence-electron chi connectivity index (χ4n) is 4.12. The van der Waals surface area contributed by atoms with E-state index in [2.05, 4.69) is 26.0 Å². The SMILES string of the molecule is COC(=O)C1(C(=O)Cc2c(C)cc(C)cc2C)CCCC(C)C1. The highest BCUT2D eigenvalue weighted by molar-refractivity contribution is 6.04. The van der Waals surface area contributed by atoms with Gasteiger partial charge in [0, 0.05) is 6.42 Å². The average Bonchev–Trinajstić information content (AvgIpc) is 2.49. The number of benzene rings is 1. The predicted octanol–water partition coefficient (Wildman–Crippen LogP) is 4.09. The van der Waals surface area contributed by atoms with Crippen molar-refractivity contribution in [1.82, 2.24) is 0 Å². The molecule has 1 saturated carbocycles. The van der Waals surface area contributed by atoms with Gasteiger partial charge in [0.25, 0.3) is 0 Å². The zero-order valence-electron chi connectivity index (χ0n) is 15.0. The van der Waals surface area contributed by atoms with Gasteiger partial charge in [0.15, 0.2) is 5.78 Å². The molecule has 1 aliphatic rings. The minimum atomic E-state index is -0.948. The predicted molar refractivity (Wildman–Crippen MR) is 91.4 cm³/mol. The lowest BCUT2D eigenvalue weighted by molar-refractivity contribution is -0.161. The van der Waals surface area contributed by atoms with E-state index in [-0.39, 0.29) is 11.8 Å². The van der Waals surface area contributed by atoms with Crippen molar-refractivity contribution in [1.29, 1.82) is 0 Å². The Bertz CT molecular complexity index is 594. The standard InChI is InChI=1S/C20H28O3/c1-13-7-6-8-20(12-13,19(22)23-5)18(21)11-17-15(3)9-14(2)10-16(17)4/h9-10,13H,6-8,11-12H2,1-5H3. The molecule has 0 N–H and O–H groups in total. The summed E-state index contributed by atoms with van der Waals surface area (Å²) in [5, 5.41) is 0. The van der Waals surface area contributed by atoms with Gasteiger partial charge in [0.2, 0.25) is 0 Å². The van der Waals surface area contributed by atoms with E-state index in [1.165, 1.54) is 12.7 Å². The number of carbonyl (C=O) groups is 2. The van der Waals surface area contributed by atoms with Crippen molar-refractivity contribution in [3.05, 3.63) is 34.4 Å². The fraction of sp³-hybridized carbons (Fsp3) is 0.600. The molecule has 1 aliphatic carbocycles. The van der Waals surface area contributed by atoms with Crippen LogP contribution in [0.1, 0.15) is 54.9 Å². The highest BCUT2D eigenvalue weighted by atomic mass is 16.5. The van der Waals surface area contributed by atoms with Gasteiger partial charge in [-0.05, 0) is 56.2 Å². The van der Waals surface area contributed by atoms with Gasteiger partial charge < -0.3 is 4.74 Å². The van der Waals surface area contributed by atoms with E-state index in [1.807, 2.05) is 13.8 Å². The second-order valence-corrected chi connectivity index (χ2v) is 7.25. The lowest BCUT2D eigenvalue weighted by atomic mass is 9.66. The van der Waals surface area contributed by atoms with Gasteiger partial charge in [0.1, 0.15) is 5.41 Å². The van der Waals surface area contributed by atoms with Gasteiger partial charge in [-0.3, -0.25) is 9.59 Å². The van der Waals surface area contributed by atoms with E-state index in [0.29, 0.717) is 25.2 Å². The molecule has 1 fully saturated rings. The Morgan fingerprint density at radius 1 is 1.22 bits per heavy atom. The van der Waals surface area contributed by atoms with Crippen molar-refractivity contribution >= 4 is 11.8 Å². The van der Waals surface area contributed by atoms with Crippen LogP contribution >= 0.6 is 0 Å². The fourth-order valence-corrected chi connectivity index (χ4v) is 4.12. The van der Waals surface area contributed by atoms with E-state index in [1.54, 1.807) is 0 Å². The molecule has 3 heteroatoms. The summed E-state index contributed by atoms with van der Waals surface area (Å²) in [7, 11) is 1.39. The van der Waals surface area contributed by atoms with Gasteiger partial charge in [-0.25, -0.2) is 0 Å². The van der Waals surface area contributed by atoms with Gasteiger partial charge in [0.05, 0.1) is 7.11 Å². The lowest BCUT2D eigenvalue weighted by Crippen LogP contribution is -2.44. The van der Waals surface area contributed by atoms with E-state index in [0.717, 1.165) is 29.5 Å². The van der Waals surface area contributed by atoms with Crippen molar-refractivity contribution in [3.63, 3.8) is 0 Å². The van der Waals surface area contributed by atoms with Gasteiger partial charge in [-0.2, -0.15) is 0 Å². The first-order chi connectivity index (χ1) is 10.8. The topological polar surface area (TPSA) is 43.4 Å². The molecule has 0 heterocycles. The van der Waals surface area contributed by atoms with Crippen LogP contribution in [0.25, 0.3) is 0 Å². The molecule has 0 bridgehead atoms. The molecular weight excluding hydrogens is 288 g/mol. The number of carbonyl (C=O) groups excluding carboxylic acids is 2. The Kier molecular flexibility index (Phi) is 5.28. The zero-order valence-corrected chi connectivity index (χ0v) is 15.0. The third kappa shape index (κ3) is 3.49. The summed E-state index contributed by atoms with van der Waals surface area (Å²) < 4.78 is 5.02. The summed E-state index contributed by atoms with van der Waals surface area (Å²) in [6, 6.07) is 4.20. The molecule has 1 aromatic carbocycles. The molecule has 23 heavy (non-hydrogen) atoms. The minimum absolute atomic E-state index is 0.0194. The number of aryl methyl sites for hydroxylation is 3. The smallest absolute Gasteiger partial charge is 0.319 e. The molecule has 126 valence electrons. The zero-order chi connectivity index (χ0) is 17.2. The first-order valence-electron chi connectivity index (χ1n) is 8.48. The molecule has 2 unspecified atom stereocenters. The van der Waals surface area contributed by atoms with Crippen molar-refractivity contribution in [2.75, 3.05) is 7.11 Å². The summed E-state index contributed by atoms with van der Waals surface area (Å²) in [4.78, 5) is 25.6. The van der Waals surface area contributed by atoms with Crippen LogP contribution in [0.4, 0.5) is 0 Å². The van der Waals surface area contributed by atoms with Crippen LogP contribution in [0.15, 0.2) is 12.1 Å². The number of rotatable bonds is 4. The molecular formula is C20H28O3. The number of hydrogen-bond donors (Lipinski definition) is 0. The Morgan fingerprint density at radius 2 is 1.83 bits per heavy atom. The van der Waals surface area contributed by atoms with Crippen LogP contribution in [0, 0.1) is 32.1 Å². The first kappa shape index (κ1) is 17.7. The van der Waals surface area contributed by atoms with Crippen LogP contribution in [0.5, 0.6) is 0 Å². The summed E-state index contributed by atoms with van der Waals surface area (Å²) in [5.74, 6) is 0.0504. The Balaban J connectivity index is 2.34. The molecule has 2 rings (SSSR count). The summed E-state index contributed by atoms with van der Waals surface area (Å²) in [6.07, 6.45) is 3.54. The summed E-state index contributed by atoms with van der Waals surface area (Å²) in [6.45, 7) is 8.25. The number of esters is 1. The number of ketones is 1. The Morgan fingerprint density at radius 3 is 2.35 bits per heavy atom. The molecule has 0 aliphatic heterocycles. The minimum Gasteiger partial charge on any atom is -0.468 e. The monoisotopic (exact) mass is 316 g/mol. The quantitative estimate of drug-likeness (QED) is 0.620. The van der Waals surface area contributed by atoms with Crippen LogP contribution in [-0.2, 0) is 20.7 Å². The summed E-state index contributed by atoms with van der Waals surface area (Å²) in [5.41, 5.74) is 3.56. The molecule has 0 amide bonds. The molecule has 0 saturated heterocycles. The second kappa shape index (κ2) is 6.86. The first-order valence-corrected chi connectivity index (χ1v) is 8.48. The molecule has 0 spiro atoms. The number of hydrogen-bond acceptors (Lipinski definition) is 3. The van der Waals surface area contributed by atoms with Crippen LogP contribution < -0.4 is 0 Å². The highest BCUT2D eigenvalue weighted by Crippen LogP contribution is 2.42. The second-order valence-electron chi connectivity index (χ2n) is 7.25. The molecule has 3 nitrogen and oxygen atoms in total. The third-order valence-electron chi connectivity index (χ3n) is 5.28. The maximum absolute atomic E-state index is 13.1. The largest absolute Gasteiger partial charge is 0.468 e. The number of methoxy groups -OCH3 is 1. The third-order valence-corrected chi connectivity index (χ3v) is 5.28. The van der Waals surface area contributed by atoms with Crippen LogP contribution in [0.2, 0.25) is 0 Å². The maximum Gasteiger partial charge on any atom is 0.319 e. The van der Waals surface area contributed by atoms with E-state index >= 15 is 0 Å². The molecule has 0 aromatic heterocycles. The average molecular weight is 316 g/mol. The molecule has 1 aromatic rings. The summed E-state index contributed by atoms with van der Waals surface area (Å²) >= 11 is 0. The number of Topliss-reactive ketones (excluding diaryl/α,β-unsaturated/α-hetero) is 1. The van der Waals surface area contributed by atoms with Crippen molar-refractivity contribution in [2.45, 2.75) is 59.8 Å². The van der Waals surface area contributed by atoms with Crippen LogP contribution in [0.3, 0.4) is 0 Å². The van der Waals surface area contributed by atoms with E-state index in [4.69, 9.17) is 4.74 Å². The Hall–Kier alpha value is -1.64. The molecule has 0 radical (unpaired) electrons. The maximum atomic E-state index is 13.1. The van der Waals surface area contributed by atoms with Gasteiger partial charge >= 0.3 is 5.97 Å². The van der Waals surface area contributed by atoms with E-state index in [9.17, 15) is 9.59 Å². The van der Waals surface area contributed by atoms with Crippen molar-refractivity contribution in [2.24, 2.45) is 11.3 Å². The van der Waals surface area contributed by atoms with Crippen molar-refractivity contribution < 1.29 is 14.3 Å². The normalized spacial score (nSPS) is 24.3. The highest BCUT2D eigenvalue weighted by Gasteiger charge is 2.48. The Labute approximate surface area is 139 Å². The number of ether oxygens (including phenoxy) is 1. The van der Waals surface area contributed by atoms with Crippen molar-refractivity contribution in [3.8, 4) is 0 Å². The molecule has 2 atom stereocenters. The van der Waals surface area contributed by atoms with Crippen LogP contribution in [-0.4, -0.2) is 18.9 Å². The lowest BCUT2D eigenvalue weighted by Gasteiger charge is -2.36. The van der Waals surface area contributed by atoms with Gasteiger partial charge in [-0.1, -0.05) is 37.5 Å². The van der Waals surface area contributed by atoms with E-state index < -0.39 is 5.41 Å².